The Morgan fingerprint density at radius 3 is 2.74 bits per heavy atom. The third-order valence-corrected chi connectivity index (χ3v) is 2.67. The average Bonchev–Trinajstić information content (AvgIpc) is 2.67. The summed E-state index contributed by atoms with van der Waals surface area (Å²) >= 11 is 0. The van der Waals surface area contributed by atoms with Crippen molar-refractivity contribution in [2.75, 3.05) is 12.3 Å². The minimum atomic E-state index is -0.519. The predicted molar refractivity (Wildman–Crippen MR) is 71.2 cm³/mol. The van der Waals surface area contributed by atoms with E-state index >= 15 is 0 Å². The monoisotopic (exact) mass is 260 g/mol. The molecule has 0 aliphatic rings. The molecule has 0 amide bonds. The van der Waals surface area contributed by atoms with Gasteiger partial charge in [0.25, 0.3) is 0 Å². The maximum atomic E-state index is 11.7. The van der Waals surface area contributed by atoms with Gasteiger partial charge < -0.3 is 10.5 Å². The molecule has 6 heteroatoms. The third kappa shape index (κ3) is 2.42. The lowest BCUT2D eigenvalue weighted by atomic mass is 10.3. The summed E-state index contributed by atoms with van der Waals surface area (Å²) in [4.78, 5) is 20.1. The number of aryl methyl sites for hydroxylation is 2. The van der Waals surface area contributed by atoms with Crippen molar-refractivity contribution in [1.82, 2.24) is 14.5 Å². The summed E-state index contributed by atoms with van der Waals surface area (Å²) in [6.45, 7) is 5.73. The van der Waals surface area contributed by atoms with Gasteiger partial charge in [-0.2, -0.15) is 0 Å². The van der Waals surface area contributed by atoms with Gasteiger partial charge in [-0.1, -0.05) is 6.07 Å². The fourth-order valence-electron chi connectivity index (χ4n) is 1.78. The second-order valence-corrected chi connectivity index (χ2v) is 4.14. The van der Waals surface area contributed by atoms with Crippen molar-refractivity contribution in [3.63, 3.8) is 0 Å². The lowest BCUT2D eigenvalue weighted by Crippen LogP contribution is -2.10. The van der Waals surface area contributed by atoms with E-state index in [9.17, 15) is 4.79 Å². The minimum Gasteiger partial charge on any atom is -0.461 e. The van der Waals surface area contributed by atoms with Crippen LogP contribution in [-0.4, -0.2) is 27.1 Å². The van der Waals surface area contributed by atoms with E-state index in [1.54, 1.807) is 24.6 Å². The van der Waals surface area contributed by atoms with Crippen molar-refractivity contribution in [2.45, 2.75) is 20.8 Å². The molecule has 2 N–H and O–H groups in total. The Hall–Kier alpha value is -2.37. The largest absolute Gasteiger partial charge is 0.461 e. The second kappa shape index (κ2) is 5.09. The van der Waals surface area contributed by atoms with Gasteiger partial charge in [0.05, 0.1) is 6.61 Å². The number of anilines is 1. The molecule has 0 saturated carbocycles. The number of rotatable bonds is 3. The van der Waals surface area contributed by atoms with Gasteiger partial charge in [-0.05, 0) is 32.4 Å². The summed E-state index contributed by atoms with van der Waals surface area (Å²) in [6.07, 6.45) is 1.73. The Labute approximate surface area is 111 Å². The Bertz CT molecular complexity index is 602. The van der Waals surface area contributed by atoms with E-state index < -0.39 is 5.97 Å². The molecule has 6 nitrogen and oxygen atoms in total. The number of hydrogen-bond donors (Lipinski definition) is 1. The normalized spacial score (nSPS) is 10.5. The van der Waals surface area contributed by atoms with Crippen LogP contribution in [-0.2, 0) is 4.74 Å². The number of nitrogen functional groups attached to an aromatic ring is 1. The van der Waals surface area contributed by atoms with Gasteiger partial charge in [-0.3, -0.25) is 4.57 Å². The van der Waals surface area contributed by atoms with Crippen molar-refractivity contribution in [1.29, 1.82) is 0 Å². The molecule has 2 aromatic rings. The molecule has 0 atom stereocenters. The van der Waals surface area contributed by atoms with E-state index in [2.05, 4.69) is 9.97 Å². The maximum Gasteiger partial charge on any atom is 0.360 e. The van der Waals surface area contributed by atoms with E-state index in [-0.39, 0.29) is 18.1 Å². The maximum absolute atomic E-state index is 11.7. The number of ether oxygens (including phenoxy) is 1. The first-order chi connectivity index (χ1) is 9.04. The quantitative estimate of drug-likeness (QED) is 0.848. The van der Waals surface area contributed by atoms with Gasteiger partial charge in [0.1, 0.15) is 17.5 Å². The lowest BCUT2D eigenvalue weighted by Gasteiger charge is -2.06. The van der Waals surface area contributed by atoms with Crippen molar-refractivity contribution in [3.8, 4) is 5.82 Å². The highest BCUT2D eigenvalue weighted by atomic mass is 16.5. The van der Waals surface area contributed by atoms with E-state index in [1.807, 2.05) is 19.1 Å². The van der Waals surface area contributed by atoms with Crippen LogP contribution in [0.1, 0.15) is 28.8 Å². The lowest BCUT2D eigenvalue weighted by molar-refractivity contribution is 0.0521. The van der Waals surface area contributed by atoms with Crippen LogP contribution in [0.5, 0.6) is 0 Å². The summed E-state index contributed by atoms with van der Waals surface area (Å²) in [5.74, 6) is 0.946. The van der Waals surface area contributed by atoms with Crippen molar-refractivity contribution < 1.29 is 9.53 Å². The smallest absolute Gasteiger partial charge is 0.360 e. The molecule has 0 unspecified atom stereocenters. The fraction of sp³-hybridized carbons (Fsp3) is 0.308. The van der Waals surface area contributed by atoms with Gasteiger partial charge in [0, 0.05) is 6.20 Å². The highest BCUT2D eigenvalue weighted by molar-refractivity contribution is 5.92. The van der Waals surface area contributed by atoms with Crippen LogP contribution >= 0.6 is 0 Å². The SMILES string of the molecule is CCOC(=O)c1nc(C)n(-c2ccc(C)cn2)c1N. The first-order valence-electron chi connectivity index (χ1n) is 5.99. The fourth-order valence-corrected chi connectivity index (χ4v) is 1.78. The molecule has 0 spiro atoms. The Morgan fingerprint density at radius 2 is 2.16 bits per heavy atom. The number of pyridine rings is 1. The minimum absolute atomic E-state index is 0.127. The number of carbonyl (C=O) groups excluding carboxylic acids is 1. The number of nitrogens with two attached hydrogens (primary N) is 1. The summed E-state index contributed by atoms with van der Waals surface area (Å²) in [5.41, 5.74) is 7.14. The molecule has 2 aromatic heterocycles. The van der Waals surface area contributed by atoms with Gasteiger partial charge in [-0.25, -0.2) is 14.8 Å². The molecule has 2 rings (SSSR count). The van der Waals surface area contributed by atoms with E-state index in [1.165, 1.54) is 0 Å². The molecule has 0 fully saturated rings. The molecular formula is C13H16N4O2. The number of imidazole rings is 1. The topological polar surface area (TPSA) is 83.0 Å². The Kier molecular flexibility index (Phi) is 3.50. The second-order valence-electron chi connectivity index (χ2n) is 4.14. The molecule has 0 aliphatic heterocycles. The molecule has 0 aliphatic carbocycles. The summed E-state index contributed by atoms with van der Waals surface area (Å²) in [5, 5.41) is 0. The number of hydrogen-bond acceptors (Lipinski definition) is 5. The van der Waals surface area contributed by atoms with Gasteiger partial charge in [0.15, 0.2) is 5.69 Å². The van der Waals surface area contributed by atoms with Gasteiger partial charge in [-0.15, -0.1) is 0 Å². The van der Waals surface area contributed by atoms with Crippen molar-refractivity contribution in [2.24, 2.45) is 0 Å². The molecule has 19 heavy (non-hydrogen) atoms. The molecule has 0 saturated heterocycles. The van der Waals surface area contributed by atoms with Crippen LogP contribution in [0.2, 0.25) is 0 Å². The predicted octanol–water partition coefficient (Wildman–Crippen LogP) is 1.64. The summed E-state index contributed by atoms with van der Waals surface area (Å²) in [7, 11) is 0. The van der Waals surface area contributed by atoms with Crippen LogP contribution in [0.4, 0.5) is 5.82 Å². The molecule has 0 bridgehead atoms. The first-order valence-corrected chi connectivity index (χ1v) is 5.99. The zero-order chi connectivity index (χ0) is 14.0. The zero-order valence-corrected chi connectivity index (χ0v) is 11.2. The van der Waals surface area contributed by atoms with Crippen LogP contribution in [0.3, 0.4) is 0 Å². The molecular weight excluding hydrogens is 244 g/mol. The number of carbonyl (C=O) groups is 1. The highest BCUT2D eigenvalue weighted by Crippen LogP contribution is 2.19. The van der Waals surface area contributed by atoms with E-state index in [4.69, 9.17) is 10.5 Å². The molecule has 0 radical (unpaired) electrons. The molecule has 2 heterocycles. The first kappa shape index (κ1) is 13.1. The zero-order valence-electron chi connectivity index (χ0n) is 11.2. The number of aromatic nitrogens is 3. The van der Waals surface area contributed by atoms with Crippen LogP contribution < -0.4 is 5.73 Å². The number of nitrogens with zero attached hydrogens (tertiary/aromatic N) is 3. The van der Waals surface area contributed by atoms with Gasteiger partial charge >= 0.3 is 5.97 Å². The van der Waals surface area contributed by atoms with E-state index in [0.717, 1.165) is 5.56 Å². The standard InChI is InChI=1S/C13H16N4O2/c1-4-19-13(18)11-12(14)17(9(3)16-11)10-6-5-8(2)7-15-10/h5-7H,4,14H2,1-3H3. The molecule has 100 valence electrons. The Morgan fingerprint density at radius 1 is 1.42 bits per heavy atom. The van der Waals surface area contributed by atoms with Crippen molar-refractivity contribution in [3.05, 3.63) is 35.4 Å². The van der Waals surface area contributed by atoms with Crippen molar-refractivity contribution >= 4 is 11.8 Å². The molecule has 0 aromatic carbocycles. The summed E-state index contributed by atoms with van der Waals surface area (Å²) < 4.78 is 6.55. The Balaban J connectivity index is 2.47. The average molecular weight is 260 g/mol. The van der Waals surface area contributed by atoms with E-state index in [0.29, 0.717) is 11.6 Å². The van der Waals surface area contributed by atoms with Crippen LogP contribution in [0, 0.1) is 13.8 Å². The highest BCUT2D eigenvalue weighted by Gasteiger charge is 2.20. The van der Waals surface area contributed by atoms with Crippen LogP contribution in [0.15, 0.2) is 18.3 Å². The van der Waals surface area contributed by atoms with Gasteiger partial charge in [0.2, 0.25) is 0 Å². The van der Waals surface area contributed by atoms with Crippen LogP contribution in [0.25, 0.3) is 5.82 Å². The number of esters is 1. The third-order valence-electron chi connectivity index (χ3n) is 2.67. The summed E-state index contributed by atoms with van der Waals surface area (Å²) in [6, 6.07) is 3.75.